The Morgan fingerprint density at radius 1 is 0.974 bits per heavy atom. The minimum absolute atomic E-state index is 0.0227. The number of halogens is 2. The highest BCUT2D eigenvalue weighted by Gasteiger charge is 2.50. The van der Waals surface area contributed by atoms with E-state index in [1.165, 1.54) is 6.07 Å². The molecule has 0 bridgehead atoms. The third-order valence-electron chi connectivity index (χ3n) is 7.86. The smallest absolute Gasteiger partial charge is 0.180 e. The number of ketones is 2. The van der Waals surface area contributed by atoms with Crippen molar-refractivity contribution >= 4 is 28.9 Å². The number of benzene rings is 2. The maximum atomic E-state index is 14.2. The fourth-order valence-corrected chi connectivity index (χ4v) is 6.58. The van der Waals surface area contributed by atoms with Gasteiger partial charge in [-0.15, -0.1) is 0 Å². The van der Waals surface area contributed by atoms with E-state index in [0.29, 0.717) is 54.9 Å². The van der Waals surface area contributed by atoms with Gasteiger partial charge in [0.15, 0.2) is 17.3 Å². The van der Waals surface area contributed by atoms with Gasteiger partial charge in [-0.3, -0.25) is 14.6 Å². The highest BCUT2D eigenvalue weighted by molar-refractivity contribution is 6.32. The van der Waals surface area contributed by atoms with E-state index in [9.17, 15) is 14.0 Å². The molecule has 206 valence electrons. The van der Waals surface area contributed by atoms with Crippen LogP contribution in [0.4, 0.5) is 4.39 Å². The summed E-state index contributed by atoms with van der Waals surface area (Å²) < 4.78 is 26.1. The topological polar surface area (TPSA) is 65.0 Å². The summed E-state index contributed by atoms with van der Waals surface area (Å²) in [5.41, 5.74) is 2.98. The third kappa shape index (κ3) is 5.41. The van der Waals surface area contributed by atoms with Crippen LogP contribution in [0.25, 0.3) is 0 Å². The number of hydrogen-bond acceptors (Lipinski definition) is 5. The van der Waals surface area contributed by atoms with Crippen molar-refractivity contribution in [3.05, 3.63) is 69.6 Å². The molecule has 1 unspecified atom stereocenters. The average Bonchev–Trinajstić information content (AvgIpc) is 2.81. The monoisotopic (exact) mass is 551 g/mol. The van der Waals surface area contributed by atoms with Gasteiger partial charge in [-0.25, -0.2) is 4.39 Å². The molecular weight excluding hydrogens is 517 g/mol. The standard InChI is InChI=1S/C32H35ClFNO4/c1-6-38-26-12-19(11-20(33)30(26)39-17-18-9-7-8-10-21(18)34)27-28-22(13-31(2,3)15-24(28)36)35-23-14-32(4,5)16-25(37)29(23)27/h7-12,27-28H,6,13-17H2,1-5H3/t27-,28?/m1/s1. The molecular formula is C32H35ClFNO4. The van der Waals surface area contributed by atoms with Crippen molar-refractivity contribution < 1.29 is 23.5 Å². The van der Waals surface area contributed by atoms with E-state index in [-0.39, 0.29) is 39.8 Å². The summed E-state index contributed by atoms with van der Waals surface area (Å²) in [6.45, 7) is 10.5. The first kappa shape index (κ1) is 27.6. The largest absolute Gasteiger partial charge is 0.490 e. The predicted octanol–water partition coefficient (Wildman–Crippen LogP) is 7.64. The first-order chi connectivity index (χ1) is 18.4. The lowest BCUT2D eigenvalue weighted by Gasteiger charge is -2.44. The Morgan fingerprint density at radius 2 is 1.69 bits per heavy atom. The first-order valence-electron chi connectivity index (χ1n) is 13.6. The summed E-state index contributed by atoms with van der Waals surface area (Å²) in [7, 11) is 0. The number of nitrogens with zero attached hydrogens (tertiary/aromatic N) is 1. The predicted molar refractivity (Wildman–Crippen MR) is 150 cm³/mol. The Labute approximate surface area is 234 Å². The zero-order chi connectivity index (χ0) is 28.1. The summed E-state index contributed by atoms with van der Waals surface area (Å²) in [6.07, 6.45) is 2.19. The lowest BCUT2D eigenvalue weighted by atomic mass is 9.60. The number of carbonyl (C=O) groups excluding carboxylic acids is 2. The molecule has 0 amide bonds. The van der Waals surface area contributed by atoms with E-state index in [2.05, 4.69) is 27.7 Å². The molecule has 0 spiro atoms. The van der Waals surface area contributed by atoms with E-state index in [1.807, 2.05) is 13.0 Å². The lowest BCUT2D eigenvalue weighted by Crippen LogP contribution is -2.45. The minimum Gasteiger partial charge on any atom is -0.490 e. The Bertz CT molecular complexity index is 1410. The molecule has 2 aromatic carbocycles. The number of allylic oxidation sites excluding steroid dienone is 2. The summed E-state index contributed by atoms with van der Waals surface area (Å²) in [6, 6.07) is 9.99. The second-order valence-corrected chi connectivity index (χ2v) is 12.9. The van der Waals surface area contributed by atoms with Crippen LogP contribution in [-0.4, -0.2) is 23.9 Å². The summed E-state index contributed by atoms with van der Waals surface area (Å²) in [4.78, 5) is 32.3. The van der Waals surface area contributed by atoms with Crippen LogP contribution in [0.15, 0.2) is 52.7 Å². The molecule has 1 heterocycles. The van der Waals surface area contributed by atoms with Crippen molar-refractivity contribution in [2.45, 2.75) is 72.8 Å². The molecule has 3 aliphatic rings. The van der Waals surface area contributed by atoms with E-state index in [1.54, 1.807) is 24.3 Å². The molecule has 1 aliphatic heterocycles. The van der Waals surface area contributed by atoms with Crippen LogP contribution in [0, 0.1) is 22.6 Å². The number of fused-ring (bicyclic) bond motifs is 1. The molecule has 0 radical (unpaired) electrons. The van der Waals surface area contributed by atoms with Gasteiger partial charge in [0, 0.05) is 41.3 Å². The van der Waals surface area contributed by atoms with E-state index >= 15 is 0 Å². The molecule has 0 aromatic heterocycles. The number of Topliss-reactive ketones (excluding diaryl/α,β-unsaturated/α-hetero) is 2. The quantitative estimate of drug-likeness (QED) is 0.370. The number of carbonyl (C=O) groups is 2. The van der Waals surface area contributed by atoms with Gasteiger partial charge in [0.1, 0.15) is 18.2 Å². The molecule has 1 fully saturated rings. The molecule has 2 atom stereocenters. The zero-order valence-electron chi connectivity index (χ0n) is 23.2. The van der Waals surface area contributed by atoms with Crippen LogP contribution in [0.3, 0.4) is 0 Å². The van der Waals surface area contributed by atoms with Crippen LogP contribution >= 0.6 is 11.6 Å². The Morgan fingerprint density at radius 3 is 2.41 bits per heavy atom. The van der Waals surface area contributed by atoms with Crippen LogP contribution in [0.5, 0.6) is 11.5 Å². The summed E-state index contributed by atoms with van der Waals surface area (Å²) >= 11 is 6.79. The van der Waals surface area contributed by atoms with Gasteiger partial charge in [0.25, 0.3) is 0 Å². The van der Waals surface area contributed by atoms with Crippen LogP contribution in [0.1, 0.15) is 77.3 Å². The normalized spacial score (nSPS) is 23.6. The fourth-order valence-electron chi connectivity index (χ4n) is 6.31. The van der Waals surface area contributed by atoms with Crippen LogP contribution in [0.2, 0.25) is 5.02 Å². The molecule has 0 N–H and O–H groups in total. The van der Waals surface area contributed by atoms with Crippen molar-refractivity contribution in [2.75, 3.05) is 6.61 Å². The van der Waals surface area contributed by atoms with Crippen molar-refractivity contribution in [2.24, 2.45) is 21.7 Å². The second kappa shape index (κ2) is 10.2. The fraction of sp³-hybridized carbons (Fsp3) is 0.469. The summed E-state index contributed by atoms with van der Waals surface area (Å²) in [5, 5.41) is 0.283. The minimum atomic E-state index is -0.516. The highest BCUT2D eigenvalue weighted by atomic mass is 35.5. The van der Waals surface area contributed by atoms with Crippen molar-refractivity contribution in [1.29, 1.82) is 0 Å². The Kier molecular flexibility index (Phi) is 7.21. The second-order valence-electron chi connectivity index (χ2n) is 12.5. The van der Waals surface area contributed by atoms with Crippen LogP contribution in [-0.2, 0) is 16.2 Å². The average molecular weight is 552 g/mol. The molecule has 5 rings (SSSR count). The molecule has 7 heteroatoms. The van der Waals surface area contributed by atoms with Gasteiger partial charge in [-0.1, -0.05) is 57.5 Å². The molecule has 39 heavy (non-hydrogen) atoms. The van der Waals surface area contributed by atoms with Gasteiger partial charge < -0.3 is 9.47 Å². The molecule has 0 saturated heterocycles. The number of ether oxygens (including phenoxy) is 2. The van der Waals surface area contributed by atoms with Gasteiger partial charge in [0.05, 0.1) is 17.5 Å². The van der Waals surface area contributed by atoms with Gasteiger partial charge in [-0.05, 0) is 54.4 Å². The molecule has 2 aromatic rings. The van der Waals surface area contributed by atoms with E-state index in [0.717, 1.165) is 17.0 Å². The van der Waals surface area contributed by atoms with Crippen molar-refractivity contribution in [3.63, 3.8) is 0 Å². The van der Waals surface area contributed by atoms with Gasteiger partial charge in [-0.2, -0.15) is 0 Å². The highest BCUT2D eigenvalue weighted by Crippen LogP contribution is 2.53. The first-order valence-corrected chi connectivity index (χ1v) is 14.0. The third-order valence-corrected chi connectivity index (χ3v) is 8.14. The lowest BCUT2D eigenvalue weighted by molar-refractivity contribution is -0.124. The Hall–Kier alpha value is -2.99. The maximum Gasteiger partial charge on any atom is 0.180 e. The zero-order valence-corrected chi connectivity index (χ0v) is 24.0. The molecule has 1 saturated carbocycles. The number of aliphatic imine (C=N–C) groups is 1. The van der Waals surface area contributed by atoms with E-state index < -0.39 is 11.8 Å². The number of rotatable bonds is 6. The number of hydrogen-bond donors (Lipinski definition) is 0. The van der Waals surface area contributed by atoms with E-state index in [4.69, 9.17) is 26.1 Å². The molecule has 5 nitrogen and oxygen atoms in total. The van der Waals surface area contributed by atoms with Crippen LogP contribution < -0.4 is 9.47 Å². The SMILES string of the molecule is CCOc1cc([C@H]2C3=C(CC(C)(C)CC3=O)N=C3CC(C)(C)CC(=O)C32)cc(Cl)c1OCc1ccccc1F. The maximum absolute atomic E-state index is 14.2. The molecule has 2 aliphatic carbocycles. The van der Waals surface area contributed by atoms with Crippen molar-refractivity contribution in [1.82, 2.24) is 0 Å². The van der Waals surface area contributed by atoms with Gasteiger partial charge >= 0.3 is 0 Å². The Balaban J connectivity index is 1.60. The van der Waals surface area contributed by atoms with Crippen molar-refractivity contribution in [3.8, 4) is 11.5 Å². The van der Waals surface area contributed by atoms with Gasteiger partial charge in [0.2, 0.25) is 0 Å². The summed E-state index contributed by atoms with van der Waals surface area (Å²) in [5.74, 6) is -0.552.